The maximum absolute atomic E-state index is 12.9. The van der Waals surface area contributed by atoms with E-state index in [1.54, 1.807) is 25.6 Å². The Morgan fingerprint density at radius 2 is 1.11 bits per heavy atom. The van der Waals surface area contributed by atoms with E-state index in [0.717, 1.165) is 57.1 Å². The number of thioether (sulfide) groups is 2. The Labute approximate surface area is 284 Å². The highest BCUT2D eigenvalue weighted by atomic mass is 32.2. The number of nitrogens with zero attached hydrogens (tertiary/aromatic N) is 1. The lowest BCUT2D eigenvalue weighted by atomic mass is 10.1. The highest BCUT2D eigenvalue weighted by molar-refractivity contribution is 8.01. The van der Waals surface area contributed by atoms with Crippen LogP contribution in [-0.4, -0.2) is 57.4 Å². The molecular weight excluding hydrogens is 599 g/mol. The third-order valence-corrected chi connectivity index (χ3v) is 9.61. The smallest absolute Gasteiger partial charge is 0.411 e. The van der Waals surface area contributed by atoms with E-state index in [-0.39, 0.29) is 6.61 Å². The molecule has 0 fully saturated rings. The lowest BCUT2D eigenvalue weighted by Crippen LogP contribution is -2.54. The summed E-state index contributed by atoms with van der Waals surface area (Å²) in [6.45, 7) is 21.0. The number of rotatable bonds is 23. The number of carboxylic acid groups (broad SMARTS) is 1. The molecule has 0 spiro atoms. The van der Waals surface area contributed by atoms with E-state index in [0.29, 0.717) is 18.1 Å². The number of carbonyl (C=O) groups excluding carboxylic acids is 1. The molecule has 0 aliphatic heterocycles. The predicted molar refractivity (Wildman–Crippen MR) is 200 cm³/mol. The number of hydrogen-bond acceptors (Lipinski definition) is 5. The fourth-order valence-electron chi connectivity index (χ4n) is 4.40. The van der Waals surface area contributed by atoms with Crippen LogP contribution in [0.2, 0.25) is 0 Å². The van der Waals surface area contributed by atoms with E-state index in [4.69, 9.17) is 4.74 Å². The van der Waals surface area contributed by atoms with Crippen LogP contribution >= 0.6 is 23.5 Å². The molecule has 45 heavy (non-hydrogen) atoms. The first kappa shape index (κ1) is 42.9. The third-order valence-electron chi connectivity index (χ3n) is 7.45. The molecular formula is C38H63NO4S2. The Bertz CT molecular complexity index is 1080. The minimum absolute atomic E-state index is 0.202. The van der Waals surface area contributed by atoms with Crippen LogP contribution in [0.1, 0.15) is 121 Å². The SMILES string of the molecule is CCOC(=O)N(CCSC/C=C(\C)CC/C=C(\C)CCC=C(C)C)C(C)(SC/C=C(\C)CC/C=C(\C)CCC=C(C)C)C(=O)O. The van der Waals surface area contributed by atoms with Gasteiger partial charge < -0.3 is 9.84 Å². The Morgan fingerprint density at radius 3 is 1.53 bits per heavy atom. The van der Waals surface area contributed by atoms with Crippen LogP contribution in [0, 0.1) is 0 Å². The summed E-state index contributed by atoms with van der Waals surface area (Å²) in [5.41, 5.74) is 8.13. The van der Waals surface area contributed by atoms with Crippen molar-refractivity contribution in [3.05, 3.63) is 69.9 Å². The van der Waals surface area contributed by atoms with Crippen molar-refractivity contribution >= 4 is 35.6 Å². The molecule has 1 unspecified atom stereocenters. The Morgan fingerprint density at radius 1 is 0.689 bits per heavy atom. The molecule has 1 amide bonds. The number of aliphatic carboxylic acids is 1. The third kappa shape index (κ3) is 21.3. The van der Waals surface area contributed by atoms with Crippen molar-refractivity contribution in [2.24, 2.45) is 0 Å². The predicted octanol–water partition coefficient (Wildman–Crippen LogP) is 11.6. The standard InChI is InChI=1S/C38H63NO4S2/c1-11-43-37(42)39(26-29-44-27-24-34(8)22-14-20-32(6)18-12-16-30(2)3)38(10,36(40)41)45-28-25-35(9)23-15-21-33(7)19-13-17-31(4)5/h16-17,20-21,24-25H,11-15,18-19,22-23,26-29H2,1-10H3,(H,40,41)/b32-20+,33-21+,34-24+,35-25+. The molecule has 256 valence electrons. The van der Waals surface area contributed by atoms with Gasteiger partial charge in [0, 0.05) is 23.8 Å². The number of ether oxygens (including phenoxy) is 1. The van der Waals surface area contributed by atoms with Crippen molar-refractivity contribution in [2.45, 2.75) is 125 Å². The summed E-state index contributed by atoms with van der Waals surface area (Å²) in [5, 5.41) is 10.2. The van der Waals surface area contributed by atoms with Crippen molar-refractivity contribution in [1.29, 1.82) is 0 Å². The van der Waals surface area contributed by atoms with Crippen LogP contribution in [0.5, 0.6) is 0 Å². The lowest BCUT2D eigenvalue weighted by Gasteiger charge is -2.36. The first-order valence-electron chi connectivity index (χ1n) is 16.5. The molecule has 7 heteroatoms. The molecule has 1 atom stereocenters. The van der Waals surface area contributed by atoms with Crippen molar-refractivity contribution in [3.8, 4) is 0 Å². The van der Waals surface area contributed by atoms with Crippen LogP contribution in [0.3, 0.4) is 0 Å². The van der Waals surface area contributed by atoms with Gasteiger partial charge in [0.1, 0.15) is 0 Å². The molecule has 0 saturated heterocycles. The first-order chi connectivity index (χ1) is 21.2. The van der Waals surface area contributed by atoms with E-state index in [2.05, 4.69) is 91.8 Å². The normalized spacial score (nSPS) is 14.1. The molecule has 0 saturated carbocycles. The quantitative estimate of drug-likeness (QED) is 0.0668. The minimum Gasteiger partial charge on any atom is -0.479 e. The van der Waals surface area contributed by atoms with Gasteiger partial charge in [-0.25, -0.2) is 9.59 Å². The van der Waals surface area contributed by atoms with Crippen LogP contribution in [0.4, 0.5) is 4.79 Å². The Hall–Kier alpha value is -2.12. The number of carboxylic acids is 1. The maximum Gasteiger partial charge on any atom is 0.411 e. The van der Waals surface area contributed by atoms with Gasteiger partial charge in [0.05, 0.1) is 6.61 Å². The van der Waals surface area contributed by atoms with Crippen LogP contribution in [-0.2, 0) is 9.53 Å². The van der Waals surface area contributed by atoms with E-state index in [9.17, 15) is 14.7 Å². The highest BCUT2D eigenvalue weighted by Crippen LogP contribution is 2.31. The summed E-state index contributed by atoms with van der Waals surface area (Å²) < 4.78 is 5.29. The van der Waals surface area contributed by atoms with E-state index in [1.165, 1.54) is 50.1 Å². The molecule has 0 rings (SSSR count). The van der Waals surface area contributed by atoms with Gasteiger partial charge in [-0.05, 0) is 121 Å². The van der Waals surface area contributed by atoms with Crippen molar-refractivity contribution in [1.82, 2.24) is 4.90 Å². The average molecular weight is 662 g/mol. The molecule has 0 bridgehead atoms. The van der Waals surface area contributed by atoms with Crippen LogP contribution in [0.25, 0.3) is 0 Å². The highest BCUT2D eigenvalue weighted by Gasteiger charge is 2.43. The summed E-state index contributed by atoms with van der Waals surface area (Å²) >= 11 is 2.96. The van der Waals surface area contributed by atoms with Gasteiger partial charge in [-0.1, -0.05) is 69.9 Å². The Balaban J connectivity index is 5.03. The average Bonchev–Trinajstić information content (AvgIpc) is 2.94. The first-order valence-corrected chi connectivity index (χ1v) is 18.7. The summed E-state index contributed by atoms with van der Waals surface area (Å²) in [5.74, 6) is 0.925. The summed E-state index contributed by atoms with van der Waals surface area (Å²) in [7, 11) is 0. The number of carbonyl (C=O) groups is 2. The van der Waals surface area contributed by atoms with Gasteiger partial charge in [0.25, 0.3) is 0 Å². The number of hydrogen-bond donors (Lipinski definition) is 1. The second kappa shape index (κ2) is 25.0. The molecule has 0 aromatic carbocycles. The summed E-state index contributed by atoms with van der Waals surface area (Å²) in [6, 6.07) is 0. The van der Waals surface area contributed by atoms with Gasteiger partial charge in [-0.2, -0.15) is 11.8 Å². The van der Waals surface area contributed by atoms with E-state index < -0.39 is 16.9 Å². The summed E-state index contributed by atoms with van der Waals surface area (Å²) in [4.78, 5) is 25.4. The second-order valence-corrected chi connectivity index (χ2v) is 15.0. The monoisotopic (exact) mass is 661 g/mol. The van der Waals surface area contributed by atoms with Crippen LogP contribution < -0.4 is 0 Å². The minimum atomic E-state index is -1.42. The molecule has 0 radical (unpaired) electrons. The van der Waals surface area contributed by atoms with Gasteiger partial charge in [-0.3, -0.25) is 4.90 Å². The maximum atomic E-state index is 12.9. The lowest BCUT2D eigenvalue weighted by molar-refractivity contribution is -0.143. The molecule has 0 aliphatic rings. The van der Waals surface area contributed by atoms with Crippen molar-refractivity contribution < 1.29 is 19.4 Å². The fourth-order valence-corrected chi connectivity index (χ4v) is 6.42. The largest absolute Gasteiger partial charge is 0.479 e. The molecule has 0 aliphatic carbocycles. The van der Waals surface area contributed by atoms with Gasteiger partial charge >= 0.3 is 12.1 Å². The molecule has 1 N–H and O–H groups in total. The topological polar surface area (TPSA) is 66.8 Å². The zero-order chi connectivity index (χ0) is 34.3. The molecule has 0 aromatic rings. The Kier molecular flexibility index (Phi) is 23.8. The van der Waals surface area contributed by atoms with Crippen LogP contribution in [0.15, 0.2) is 69.9 Å². The second-order valence-electron chi connectivity index (χ2n) is 12.4. The van der Waals surface area contributed by atoms with E-state index in [1.807, 2.05) is 0 Å². The van der Waals surface area contributed by atoms with Crippen molar-refractivity contribution in [3.63, 3.8) is 0 Å². The zero-order valence-corrected chi connectivity index (χ0v) is 31.7. The number of allylic oxidation sites excluding steroid dienone is 10. The van der Waals surface area contributed by atoms with Gasteiger partial charge in [-0.15, -0.1) is 11.8 Å². The van der Waals surface area contributed by atoms with Gasteiger partial charge in [0.2, 0.25) is 0 Å². The van der Waals surface area contributed by atoms with Crippen molar-refractivity contribution in [2.75, 3.05) is 30.4 Å². The fraction of sp³-hybridized carbons (Fsp3) is 0.632. The molecule has 0 heterocycles. The van der Waals surface area contributed by atoms with E-state index >= 15 is 0 Å². The number of amides is 1. The zero-order valence-electron chi connectivity index (χ0n) is 30.1. The molecule has 0 aromatic heterocycles. The van der Waals surface area contributed by atoms with Gasteiger partial charge in [0.15, 0.2) is 4.87 Å². The molecule has 5 nitrogen and oxygen atoms in total. The summed E-state index contributed by atoms with van der Waals surface area (Å²) in [6.07, 6.45) is 21.3.